The molecular weight excluding hydrogens is 204 g/mol. The van der Waals surface area contributed by atoms with Crippen LogP contribution in [0.4, 0.5) is 0 Å². The lowest BCUT2D eigenvalue weighted by Gasteiger charge is -2.19. The zero-order chi connectivity index (χ0) is 12.9. The molecule has 96 valence electrons. The molecule has 0 aliphatic rings. The second-order valence-electron chi connectivity index (χ2n) is 6.59. The van der Waals surface area contributed by atoms with Gasteiger partial charge in [0.05, 0.1) is 0 Å². The van der Waals surface area contributed by atoms with Gasteiger partial charge < -0.3 is 0 Å². The highest BCUT2D eigenvalue weighted by Gasteiger charge is 2.13. The quantitative estimate of drug-likeness (QED) is 0.600. The molecule has 0 radical (unpaired) electrons. The van der Waals surface area contributed by atoms with E-state index < -0.39 is 0 Å². The van der Waals surface area contributed by atoms with Crippen molar-refractivity contribution in [3.05, 3.63) is 35.4 Å². The van der Waals surface area contributed by atoms with Crippen LogP contribution in [0, 0.1) is 5.92 Å². The van der Waals surface area contributed by atoms with Crippen LogP contribution in [0.2, 0.25) is 0 Å². The Morgan fingerprint density at radius 2 is 1.76 bits per heavy atom. The van der Waals surface area contributed by atoms with Crippen LogP contribution >= 0.6 is 0 Å². The molecule has 0 nitrogen and oxygen atoms in total. The topological polar surface area (TPSA) is 0 Å². The highest BCUT2D eigenvalue weighted by Crippen LogP contribution is 2.23. The van der Waals surface area contributed by atoms with Gasteiger partial charge >= 0.3 is 0 Å². The largest absolute Gasteiger partial charge is 0.0628 e. The number of unbranched alkanes of at least 4 members (excludes halogenated alkanes) is 1. The molecule has 17 heavy (non-hydrogen) atoms. The second-order valence-corrected chi connectivity index (χ2v) is 6.59. The average Bonchev–Trinajstić information content (AvgIpc) is 2.23. The van der Waals surface area contributed by atoms with Gasteiger partial charge in [0.15, 0.2) is 0 Å². The van der Waals surface area contributed by atoms with Gasteiger partial charge in [-0.15, -0.1) is 0 Å². The SMILES string of the molecule is CC(C)CCCCc1cccc(C(C)(C)C)c1. The monoisotopic (exact) mass is 232 g/mol. The molecule has 0 saturated carbocycles. The first-order valence-corrected chi connectivity index (χ1v) is 6.99. The minimum atomic E-state index is 0.272. The van der Waals surface area contributed by atoms with E-state index in [1.807, 2.05) is 0 Å². The maximum Gasteiger partial charge on any atom is -0.0132 e. The van der Waals surface area contributed by atoms with Crippen molar-refractivity contribution < 1.29 is 0 Å². The standard InChI is InChI=1S/C17H28/c1-14(2)9-6-7-10-15-11-8-12-16(13-15)17(3,4)5/h8,11-14H,6-7,9-10H2,1-5H3. The Balaban J connectivity index is 2.49. The van der Waals surface area contributed by atoms with Crippen molar-refractivity contribution in [2.24, 2.45) is 5.92 Å². The highest BCUT2D eigenvalue weighted by atomic mass is 14.2. The number of rotatable bonds is 5. The molecule has 0 bridgehead atoms. The van der Waals surface area contributed by atoms with Gasteiger partial charge in [0.25, 0.3) is 0 Å². The Hall–Kier alpha value is -0.780. The van der Waals surface area contributed by atoms with Crippen LogP contribution in [0.5, 0.6) is 0 Å². The summed E-state index contributed by atoms with van der Waals surface area (Å²) in [7, 11) is 0. The third kappa shape index (κ3) is 5.39. The van der Waals surface area contributed by atoms with Crippen LogP contribution in [0.15, 0.2) is 24.3 Å². The lowest BCUT2D eigenvalue weighted by atomic mass is 9.86. The smallest absolute Gasteiger partial charge is 0.0132 e. The summed E-state index contributed by atoms with van der Waals surface area (Å²) < 4.78 is 0. The first-order chi connectivity index (χ1) is 7.89. The minimum Gasteiger partial charge on any atom is -0.0628 e. The van der Waals surface area contributed by atoms with Gasteiger partial charge in [-0.2, -0.15) is 0 Å². The molecule has 0 unspecified atom stereocenters. The lowest BCUT2D eigenvalue weighted by molar-refractivity contribution is 0.537. The molecule has 0 heteroatoms. The molecule has 0 spiro atoms. The molecule has 0 aliphatic carbocycles. The fraction of sp³-hybridized carbons (Fsp3) is 0.647. The third-order valence-corrected chi connectivity index (χ3v) is 3.29. The zero-order valence-electron chi connectivity index (χ0n) is 12.2. The predicted octanol–water partition coefficient (Wildman–Crippen LogP) is 5.35. The van der Waals surface area contributed by atoms with E-state index in [1.165, 1.54) is 36.8 Å². The molecule has 0 N–H and O–H groups in total. The summed E-state index contributed by atoms with van der Waals surface area (Å²) in [4.78, 5) is 0. The fourth-order valence-electron chi connectivity index (χ4n) is 2.08. The first kappa shape index (κ1) is 14.3. The van der Waals surface area contributed by atoms with Crippen molar-refractivity contribution >= 4 is 0 Å². The van der Waals surface area contributed by atoms with Crippen molar-refractivity contribution in [1.82, 2.24) is 0 Å². The number of hydrogen-bond donors (Lipinski definition) is 0. The summed E-state index contributed by atoms with van der Waals surface area (Å²) in [5, 5.41) is 0. The van der Waals surface area contributed by atoms with E-state index >= 15 is 0 Å². The number of hydrogen-bond acceptors (Lipinski definition) is 0. The van der Waals surface area contributed by atoms with Gasteiger partial charge in [-0.3, -0.25) is 0 Å². The van der Waals surface area contributed by atoms with Gasteiger partial charge in [0.2, 0.25) is 0 Å². The summed E-state index contributed by atoms with van der Waals surface area (Å²) in [6.07, 6.45) is 5.28. The molecule has 0 saturated heterocycles. The summed E-state index contributed by atoms with van der Waals surface area (Å²) in [5.74, 6) is 0.843. The van der Waals surface area contributed by atoms with Gasteiger partial charge in [-0.25, -0.2) is 0 Å². The number of aryl methyl sites for hydroxylation is 1. The van der Waals surface area contributed by atoms with E-state index in [0.717, 1.165) is 5.92 Å². The minimum absolute atomic E-state index is 0.272. The van der Waals surface area contributed by atoms with Crippen LogP contribution in [0.3, 0.4) is 0 Å². The molecule has 1 aromatic rings. The van der Waals surface area contributed by atoms with E-state index in [2.05, 4.69) is 58.9 Å². The van der Waals surface area contributed by atoms with Gasteiger partial charge in [0, 0.05) is 0 Å². The molecule has 0 amide bonds. The van der Waals surface area contributed by atoms with Crippen molar-refractivity contribution in [3.8, 4) is 0 Å². The molecule has 0 aliphatic heterocycles. The Morgan fingerprint density at radius 3 is 2.35 bits per heavy atom. The maximum atomic E-state index is 2.38. The Bertz CT molecular complexity index is 328. The van der Waals surface area contributed by atoms with Crippen LogP contribution in [0.1, 0.15) is 65.0 Å². The molecular formula is C17H28. The normalized spacial score (nSPS) is 12.1. The summed E-state index contributed by atoms with van der Waals surface area (Å²) in [6.45, 7) is 11.5. The Labute approximate surface area is 107 Å². The van der Waals surface area contributed by atoms with Crippen molar-refractivity contribution in [2.75, 3.05) is 0 Å². The molecule has 1 rings (SSSR count). The van der Waals surface area contributed by atoms with Crippen LogP contribution < -0.4 is 0 Å². The van der Waals surface area contributed by atoms with E-state index in [4.69, 9.17) is 0 Å². The third-order valence-electron chi connectivity index (χ3n) is 3.29. The maximum absolute atomic E-state index is 2.38. The van der Waals surface area contributed by atoms with E-state index in [9.17, 15) is 0 Å². The second kappa shape index (κ2) is 6.23. The average molecular weight is 232 g/mol. The molecule has 0 aromatic heterocycles. The van der Waals surface area contributed by atoms with E-state index in [-0.39, 0.29) is 5.41 Å². The van der Waals surface area contributed by atoms with Gasteiger partial charge in [-0.1, -0.05) is 71.7 Å². The van der Waals surface area contributed by atoms with Crippen LogP contribution in [-0.4, -0.2) is 0 Å². The van der Waals surface area contributed by atoms with Crippen LogP contribution in [0.25, 0.3) is 0 Å². The van der Waals surface area contributed by atoms with Crippen molar-refractivity contribution in [3.63, 3.8) is 0 Å². The Morgan fingerprint density at radius 1 is 1.06 bits per heavy atom. The lowest BCUT2D eigenvalue weighted by Crippen LogP contribution is -2.11. The molecule has 1 aromatic carbocycles. The summed E-state index contributed by atoms with van der Waals surface area (Å²) in [6, 6.07) is 9.11. The number of benzene rings is 1. The van der Waals surface area contributed by atoms with Crippen LogP contribution in [-0.2, 0) is 11.8 Å². The van der Waals surface area contributed by atoms with Gasteiger partial charge in [0.1, 0.15) is 0 Å². The molecule has 0 fully saturated rings. The van der Waals surface area contributed by atoms with Crippen molar-refractivity contribution in [2.45, 2.75) is 65.7 Å². The first-order valence-electron chi connectivity index (χ1n) is 6.99. The molecule has 0 heterocycles. The van der Waals surface area contributed by atoms with E-state index in [1.54, 1.807) is 0 Å². The molecule has 0 atom stereocenters. The summed E-state index contributed by atoms with van der Waals surface area (Å²) in [5.41, 5.74) is 3.23. The fourth-order valence-corrected chi connectivity index (χ4v) is 2.08. The predicted molar refractivity (Wildman–Crippen MR) is 77.5 cm³/mol. The Kier molecular flexibility index (Phi) is 5.24. The van der Waals surface area contributed by atoms with Crippen molar-refractivity contribution in [1.29, 1.82) is 0 Å². The van der Waals surface area contributed by atoms with E-state index in [0.29, 0.717) is 0 Å². The van der Waals surface area contributed by atoms with Gasteiger partial charge in [-0.05, 0) is 35.3 Å². The summed E-state index contributed by atoms with van der Waals surface area (Å²) >= 11 is 0. The zero-order valence-corrected chi connectivity index (χ0v) is 12.2. The highest BCUT2D eigenvalue weighted by molar-refractivity contribution is 5.28.